The number of fused-ring (bicyclic) bond motifs is 1. The molecule has 0 unspecified atom stereocenters. The van der Waals surface area contributed by atoms with E-state index in [1.54, 1.807) is 0 Å². The van der Waals surface area contributed by atoms with Crippen molar-refractivity contribution in [1.82, 2.24) is 4.98 Å². The first-order valence-electron chi connectivity index (χ1n) is 7.13. The summed E-state index contributed by atoms with van der Waals surface area (Å²) >= 11 is 1.84. The maximum absolute atomic E-state index is 5.89. The average Bonchev–Trinajstić information content (AvgIpc) is 2.70. The minimum Gasteiger partial charge on any atom is -0.399 e. The number of benzene rings is 1. The molecular weight excluding hydrogens is 264 g/mol. The highest BCUT2D eigenvalue weighted by atomic mass is 32.1. The number of hydrogen-bond acceptors (Lipinski definition) is 3. The number of nitrogens with zero attached hydrogens (tertiary/aromatic N) is 1. The Bertz CT molecular complexity index is 653. The molecule has 0 saturated heterocycles. The Kier molecular flexibility index (Phi) is 2.94. The standard InChI is InChI=1S/C17H22N2S/c1-16(2)9-13-14(17(3,4)10-16)20-15(19-13)11-6-5-7-12(18)8-11/h5-8H,9-10,18H2,1-4H3. The van der Waals surface area contributed by atoms with Crippen molar-refractivity contribution in [2.45, 2.75) is 46.0 Å². The van der Waals surface area contributed by atoms with Gasteiger partial charge in [-0.2, -0.15) is 0 Å². The van der Waals surface area contributed by atoms with Gasteiger partial charge in [0.15, 0.2) is 0 Å². The number of aromatic nitrogens is 1. The van der Waals surface area contributed by atoms with Gasteiger partial charge in [-0.05, 0) is 30.4 Å². The number of nitrogen functional groups attached to an aromatic ring is 1. The van der Waals surface area contributed by atoms with Gasteiger partial charge >= 0.3 is 0 Å². The van der Waals surface area contributed by atoms with Crippen LogP contribution in [0.5, 0.6) is 0 Å². The molecule has 1 aromatic heterocycles. The van der Waals surface area contributed by atoms with Crippen LogP contribution in [0.1, 0.15) is 44.7 Å². The van der Waals surface area contributed by atoms with Crippen LogP contribution in [0.4, 0.5) is 5.69 Å². The monoisotopic (exact) mass is 286 g/mol. The fourth-order valence-electron chi connectivity index (χ4n) is 3.59. The van der Waals surface area contributed by atoms with E-state index < -0.39 is 0 Å². The van der Waals surface area contributed by atoms with Gasteiger partial charge in [0.05, 0.1) is 5.69 Å². The fraction of sp³-hybridized carbons (Fsp3) is 0.471. The Morgan fingerprint density at radius 2 is 1.95 bits per heavy atom. The van der Waals surface area contributed by atoms with E-state index in [2.05, 4.69) is 33.8 Å². The van der Waals surface area contributed by atoms with E-state index in [1.165, 1.54) is 17.0 Å². The van der Waals surface area contributed by atoms with Crippen LogP contribution in [0.25, 0.3) is 10.6 Å². The molecule has 0 radical (unpaired) electrons. The third kappa shape index (κ3) is 2.35. The summed E-state index contributed by atoms with van der Waals surface area (Å²) in [6.07, 6.45) is 2.29. The smallest absolute Gasteiger partial charge is 0.123 e. The molecule has 0 atom stereocenters. The largest absolute Gasteiger partial charge is 0.399 e. The van der Waals surface area contributed by atoms with Gasteiger partial charge in [-0.25, -0.2) is 4.98 Å². The van der Waals surface area contributed by atoms with Gasteiger partial charge in [0, 0.05) is 21.5 Å². The molecule has 1 heterocycles. The lowest BCUT2D eigenvalue weighted by Crippen LogP contribution is -2.33. The minimum absolute atomic E-state index is 0.216. The topological polar surface area (TPSA) is 38.9 Å². The molecule has 0 fully saturated rings. The Balaban J connectivity index is 2.09. The summed E-state index contributed by atoms with van der Waals surface area (Å²) in [6.45, 7) is 9.37. The van der Waals surface area contributed by atoms with Crippen LogP contribution in [0.3, 0.4) is 0 Å². The predicted molar refractivity (Wildman–Crippen MR) is 87.1 cm³/mol. The van der Waals surface area contributed by atoms with E-state index in [9.17, 15) is 0 Å². The Morgan fingerprint density at radius 1 is 1.20 bits per heavy atom. The van der Waals surface area contributed by atoms with Crippen LogP contribution >= 0.6 is 11.3 Å². The number of thiazole rings is 1. The highest BCUT2D eigenvalue weighted by Gasteiger charge is 2.39. The zero-order chi connectivity index (χ0) is 14.5. The lowest BCUT2D eigenvalue weighted by molar-refractivity contribution is 0.232. The van der Waals surface area contributed by atoms with Gasteiger partial charge in [0.25, 0.3) is 0 Å². The summed E-state index contributed by atoms with van der Waals surface area (Å²) in [7, 11) is 0. The molecule has 0 aliphatic heterocycles. The molecule has 1 aliphatic carbocycles. The second-order valence-electron chi connectivity index (χ2n) is 7.32. The summed E-state index contributed by atoms with van der Waals surface area (Å²) in [5, 5.41) is 1.10. The van der Waals surface area contributed by atoms with Crippen molar-refractivity contribution in [1.29, 1.82) is 0 Å². The van der Waals surface area contributed by atoms with Gasteiger partial charge in [-0.3, -0.25) is 0 Å². The molecule has 2 nitrogen and oxygen atoms in total. The van der Waals surface area contributed by atoms with Gasteiger partial charge in [-0.1, -0.05) is 39.8 Å². The SMILES string of the molecule is CC1(C)Cc2nc(-c3cccc(N)c3)sc2C(C)(C)C1. The molecule has 3 rings (SSSR count). The number of nitrogens with two attached hydrogens (primary N) is 1. The van der Waals surface area contributed by atoms with Gasteiger partial charge in [0.1, 0.15) is 5.01 Å². The first kappa shape index (κ1) is 13.6. The molecule has 0 spiro atoms. The maximum atomic E-state index is 5.89. The first-order valence-corrected chi connectivity index (χ1v) is 7.95. The molecule has 1 aromatic carbocycles. The third-order valence-electron chi connectivity index (χ3n) is 4.01. The van der Waals surface area contributed by atoms with Crippen LogP contribution in [-0.4, -0.2) is 4.98 Å². The molecule has 1 aliphatic rings. The van der Waals surface area contributed by atoms with Crippen molar-refractivity contribution in [3.05, 3.63) is 34.8 Å². The number of anilines is 1. The van der Waals surface area contributed by atoms with Gasteiger partial charge in [0.2, 0.25) is 0 Å². The van der Waals surface area contributed by atoms with Crippen molar-refractivity contribution in [2.75, 3.05) is 5.73 Å². The van der Waals surface area contributed by atoms with E-state index in [1.807, 2.05) is 29.5 Å². The van der Waals surface area contributed by atoms with Crippen molar-refractivity contribution >= 4 is 17.0 Å². The normalized spacial score (nSPS) is 19.6. The van der Waals surface area contributed by atoms with Crippen LogP contribution < -0.4 is 5.73 Å². The second kappa shape index (κ2) is 4.32. The molecule has 0 bridgehead atoms. The van der Waals surface area contributed by atoms with Crippen LogP contribution in [0.2, 0.25) is 0 Å². The Morgan fingerprint density at radius 3 is 2.65 bits per heavy atom. The lowest BCUT2D eigenvalue weighted by Gasteiger charge is -2.39. The summed E-state index contributed by atoms with van der Waals surface area (Å²) in [5.74, 6) is 0. The predicted octanol–water partition coefficient (Wildman–Crippen LogP) is 4.64. The van der Waals surface area contributed by atoms with Crippen LogP contribution in [-0.2, 0) is 11.8 Å². The summed E-state index contributed by atoms with van der Waals surface area (Å²) in [4.78, 5) is 6.37. The lowest BCUT2D eigenvalue weighted by atomic mass is 9.67. The Labute approximate surface area is 125 Å². The number of rotatable bonds is 1. The molecule has 106 valence electrons. The van der Waals surface area contributed by atoms with Crippen molar-refractivity contribution in [3.63, 3.8) is 0 Å². The molecule has 2 N–H and O–H groups in total. The van der Waals surface area contributed by atoms with Gasteiger partial charge < -0.3 is 5.73 Å². The highest BCUT2D eigenvalue weighted by Crippen LogP contribution is 2.48. The number of hydrogen-bond donors (Lipinski definition) is 1. The van der Waals surface area contributed by atoms with Crippen LogP contribution in [0, 0.1) is 5.41 Å². The highest BCUT2D eigenvalue weighted by molar-refractivity contribution is 7.15. The van der Waals surface area contributed by atoms with Crippen molar-refractivity contribution < 1.29 is 0 Å². The molecule has 2 aromatic rings. The Hall–Kier alpha value is -1.35. The molecule has 20 heavy (non-hydrogen) atoms. The summed E-state index contributed by atoms with van der Waals surface area (Å²) in [5.41, 5.74) is 9.66. The van der Waals surface area contributed by atoms with E-state index in [4.69, 9.17) is 10.7 Å². The van der Waals surface area contributed by atoms with E-state index in [0.717, 1.165) is 22.7 Å². The zero-order valence-corrected chi connectivity index (χ0v) is 13.5. The van der Waals surface area contributed by atoms with Crippen molar-refractivity contribution in [3.8, 4) is 10.6 Å². The first-order chi connectivity index (χ1) is 9.27. The third-order valence-corrected chi connectivity index (χ3v) is 5.52. The fourth-order valence-corrected chi connectivity index (χ4v) is 4.77. The summed E-state index contributed by atoms with van der Waals surface area (Å²) < 4.78 is 0. The summed E-state index contributed by atoms with van der Waals surface area (Å²) in [6, 6.07) is 8.03. The molecule has 0 saturated carbocycles. The molecular formula is C17H22N2S. The van der Waals surface area contributed by atoms with E-state index in [-0.39, 0.29) is 5.41 Å². The van der Waals surface area contributed by atoms with Crippen LogP contribution in [0.15, 0.2) is 24.3 Å². The second-order valence-corrected chi connectivity index (χ2v) is 8.32. The quantitative estimate of drug-likeness (QED) is 0.775. The minimum atomic E-state index is 0.216. The maximum Gasteiger partial charge on any atom is 0.123 e. The van der Waals surface area contributed by atoms with Crippen molar-refractivity contribution in [2.24, 2.45) is 5.41 Å². The van der Waals surface area contributed by atoms with E-state index in [0.29, 0.717) is 5.41 Å². The van der Waals surface area contributed by atoms with Gasteiger partial charge in [-0.15, -0.1) is 11.3 Å². The van der Waals surface area contributed by atoms with E-state index >= 15 is 0 Å². The average molecular weight is 286 g/mol. The zero-order valence-electron chi connectivity index (χ0n) is 12.7. The molecule has 0 amide bonds. The molecule has 3 heteroatoms.